The Hall–Kier alpha value is -4.03. The quantitative estimate of drug-likeness (QED) is 0.188. The SMILES string of the molecule is [B]C([B])(O)N1C(=C)N(CC2CC2(F)F)c2cc(NC(=C)c3cc(F)cc(C(F)(F)F)c3)c3c(c21)C(=C)NC3c1cc(F)ccc1Cl. The van der Waals surface area contributed by atoms with Gasteiger partial charge in [-0.15, -0.1) is 0 Å². The highest BCUT2D eigenvalue weighted by molar-refractivity contribution is 6.41. The lowest BCUT2D eigenvalue weighted by molar-refractivity contribution is -0.137. The Balaban J connectivity index is 1.57. The molecule has 15 heteroatoms. The summed E-state index contributed by atoms with van der Waals surface area (Å²) in [6.07, 6.45) is -5.26. The van der Waals surface area contributed by atoms with Gasteiger partial charge >= 0.3 is 6.18 Å². The predicted octanol–water partition coefficient (Wildman–Crippen LogP) is 7.08. The van der Waals surface area contributed by atoms with Gasteiger partial charge in [0.1, 0.15) is 33.1 Å². The number of alkyl halides is 5. The van der Waals surface area contributed by atoms with Crippen LogP contribution in [0.4, 0.5) is 47.8 Å². The number of halogens is 8. The van der Waals surface area contributed by atoms with E-state index in [-0.39, 0.29) is 68.1 Å². The third-order valence-electron chi connectivity index (χ3n) is 8.16. The zero-order valence-corrected chi connectivity index (χ0v) is 24.5. The fourth-order valence-electron chi connectivity index (χ4n) is 5.93. The molecule has 3 aromatic carbocycles. The van der Waals surface area contributed by atoms with Crippen LogP contribution in [-0.4, -0.2) is 38.8 Å². The van der Waals surface area contributed by atoms with Gasteiger partial charge in [0.05, 0.1) is 28.5 Å². The number of hydrogen-bond acceptors (Lipinski definition) is 5. The number of hydrogen-bond donors (Lipinski definition) is 3. The zero-order valence-electron chi connectivity index (χ0n) is 23.8. The second kappa shape index (κ2) is 10.5. The van der Waals surface area contributed by atoms with Gasteiger partial charge in [-0.3, -0.25) is 0 Å². The van der Waals surface area contributed by atoms with E-state index in [2.05, 4.69) is 30.4 Å². The van der Waals surface area contributed by atoms with Crippen molar-refractivity contribution in [2.24, 2.45) is 5.92 Å². The van der Waals surface area contributed by atoms with Crippen LogP contribution in [0, 0.1) is 17.6 Å². The maximum absolute atomic E-state index is 14.5. The highest BCUT2D eigenvalue weighted by atomic mass is 35.5. The lowest BCUT2D eigenvalue weighted by Crippen LogP contribution is -2.50. The summed E-state index contributed by atoms with van der Waals surface area (Å²) in [5, 5.41) is 17.0. The molecular weight excluding hydrogens is 634 g/mol. The van der Waals surface area contributed by atoms with E-state index in [0.29, 0.717) is 12.1 Å². The molecule has 6 rings (SSSR count). The maximum atomic E-state index is 14.5. The average Bonchev–Trinajstić information content (AvgIpc) is 3.23. The minimum absolute atomic E-state index is 0.0524. The molecule has 1 fully saturated rings. The first-order valence-electron chi connectivity index (χ1n) is 13.7. The lowest BCUT2D eigenvalue weighted by atomic mass is 9.71. The van der Waals surface area contributed by atoms with E-state index in [9.17, 15) is 35.8 Å². The summed E-state index contributed by atoms with van der Waals surface area (Å²) in [6.45, 7) is 11.6. The molecule has 3 N–H and O–H groups in total. The highest BCUT2D eigenvalue weighted by Gasteiger charge is 2.58. The highest BCUT2D eigenvalue weighted by Crippen LogP contribution is 2.58. The van der Waals surface area contributed by atoms with E-state index in [1.807, 2.05) is 0 Å². The molecule has 3 aliphatic rings. The van der Waals surface area contributed by atoms with Gasteiger partial charge < -0.3 is 25.5 Å². The minimum atomic E-state index is -4.86. The standard InChI is InChI=1S/C31H22B2ClF7N4O/c1-13(16-6-17(30(39,40)41)8-20(36)7-16)42-23-10-24-28(45(31(32,33)46)15(3)44(24)12-18-11-29(18,37)38)25-14(2)43-27(26(23)25)21-9-19(35)4-5-22(21)34/h4-10,18,27,42-43,46H,1-3,11-12H2. The van der Waals surface area contributed by atoms with Crippen molar-refractivity contribution >= 4 is 55.7 Å². The van der Waals surface area contributed by atoms with Crippen molar-refractivity contribution in [3.8, 4) is 0 Å². The number of nitrogens with zero attached hydrogens (tertiary/aromatic N) is 2. The molecule has 0 spiro atoms. The number of aliphatic hydroxyl groups is 1. The van der Waals surface area contributed by atoms with Crippen molar-refractivity contribution in [2.45, 2.75) is 30.1 Å². The molecular formula is C31H22B2ClF7N4O. The number of fused-ring (bicyclic) bond motifs is 3. The van der Waals surface area contributed by atoms with E-state index in [4.69, 9.17) is 27.3 Å². The van der Waals surface area contributed by atoms with Gasteiger partial charge in [-0.2, -0.15) is 13.2 Å². The number of rotatable bonds is 7. The Bertz CT molecular complexity index is 1840. The molecule has 2 heterocycles. The Kier molecular flexibility index (Phi) is 7.29. The lowest BCUT2D eigenvalue weighted by Gasteiger charge is -2.36. The fourth-order valence-corrected chi connectivity index (χ4v) is 6.16. The first kappa shape index (κ1) is 31.9. The summed E-state index contributed by atoms with van der Waals surface area (Å²) in [6, 6.07) is 6.02. The van der Waals surface area contributed by atoms with Gasteiger partial charge in [-0.25, -0.2) is 17.6 Å². The first-order valence-corrected chi connectivity index (χ1v) is 14.1. The van der Waals surface area contributed by atoms with Crippen LogP contribution in [0.2, 0.25) is 5.02 Å². The van der Waals surface area contributed by atoms with E-state index in [0.717, 1.165) is 23.1 Å². The summed E-state index contributed by atoms with van der Waals surface area (Å²) < 4.78 is 97.5. The van der Waals surface area contributed by atoms with E-state index in [1.165, 1.54) is 17.0 Å². The summed E-state index contributed by atoms with van der Waals surface area (Å²) >= 11 is 6.47. The van der Waals surface area contributed by atoms with Gasteiger partial charge in [-0.1, -0.05) is 31.3 Å². The second-order valence-corrected chi connectivity index (χ2v) is 11.8. The average molecular weight is 657 g/mol. The molecule has 4 radical (unpaired) electrons. The molecule has 2 unspecified atom stereocenters. The topological polar surface area (TPSA) is 50.8 Å². The molecule has 46 heavy (non-hydrogen) atoms. The van der Waals surface area contributed by atoms with Crippen LogP contribution in [0.25, 0.3) is 11.4 Å². The molecule has 1 saturated carbocycles. The van der Waals surface area contributed by atoms with Gasteiger partial charge in [0.2, 0.25) is 0 Å². The van der Waals surface area contributed by atoms with Gasteiger partial charge in [0, 0.05) is 63.2 Å². The number of nitrogens with one attached hydrogen (secondary N) is 2. The molecule has 5 nitrogen and oxygen atoms in total. The Morgan fingerprint density at radius 1 is 1.09 bits per heavy atom. The first-order chi connectivity index (χ1) is 21.3. The summed E-state index contributed by atoms with van der Waals surface area (Å²) in [5.74, 6) is -5.87. The third-order valence-corrected chi connectivity index (χ3v) is 8.50. The molecule has 234 valence electrons. The molecule has 0 aromatic heterocycles. The van der Waals surface area contributed by atoms with Crippen LogP contribution >= 0.6 is 11.6 Å². The van der Waals surface area contributed by atoms with Gasteiger partial charge in [0.25, 0.3) is 5.92 Å². The van der Waals surface area contributed by atoms with Crippen LogP contribution in [0.3, 0.4) is 0 Å². The van der Waals surface area contributed by atoms with Crippen molar-refractivity contribution in [2.75, 3.05) is 21.7 Å². The second-order valence-electron chi connectivity index (χ2n) is 11.4. The van der Waals surface area contributed by atoms with Gasteiger partial charge in [-0.05, 0) is 42.5 Å². The molecule has 0 amide bonds. The molecule has 2 aliphatic heterocycles. The van der Waals surface area contributed by atoms with E-state index < -0.39 is 53.2 Å². The molecule has 0 bridgehead atoms. The van der Waals surface area contributed by atoms with Crippen molar-refractivity contribution in [3.63, 3.8) is 0 Å². The molecule has 1 aliphatic carbocycles. The van der Waals surface area contributed by atoms with Crippen molar-refractivity contribution in [3.05, 3.63) is 112 Å². The zero-order chi connectivity index (χ0) is 33.7. The Morgan fingerprint density at radius 3 is 2.37 bits per heavy atom. The fraction of sp³-hybridized carbons (Fsp3) is 0.226. The van der Waals surface area contributed by atoms with Crippen molar-refractivity contribution in [1.82, 2.24) is 5.32 Å². The Labute approximate surface area is 266 Å². The number of anilines is 3. The maximum Gasteiger partial charge on any atom is 0.416 e. The van der Waals surface area contributed by atoms with Crippen LogP contribution < -0.4 is 20.4 Å². The third kappa shape index (κ3) is 5.41. The largest absolute Gasteiger partial charge is 0.416 e. The predicted molar refractivity (Wildman–Crippen MR) is 164 cm³/mol. The smallest absolute Gasteiger partial charge is 0.389 e. The van der Waals surface area contributed by atoms with Crippen molar-refractivity contribution in [1.29, 1.82) is 0 Å². The Morgan fingerprint density at radius 2 is 1.76 bits per heavy atom. The number of benzene rings is 3. The van der Waals surface area contributed by atoms with Crippen LogP contribution in [0.1, 0.15) is 40.3 Å². The normalized spacial score (nSPS) is 20.0. The summed E-state index contributed by atoms with van der Waals surface area (Å²) in [5.41, 5.74) is -2.90. The van der Waals surface area contributed by atoms with Gasteiger partial charge in [0.15, 0.2) is 0 Å². The summed E-state index contributed by atoms with van der Waals surface area (Å²) in [7, 11) is 11.9. The summed E-state index contributed by atoms with van der Waals surface area (Å²) in [4.78, 5) is 2.41. The van der Waals surface area contributed by atoms with E-state index >= 15 is 0 Å². The van der Waals surface area contributed by atoms with Crippen molar-refractivity contribution < 1.29 is 35.8 Å². The van der Waals surface area contributed by atoms with Crippen LogP contribution in [0.5, 0.6) is 0 Å². The van der Waals surface area contributed by atoms with E-state index in [1.54, 1.807) is 0 Å². The van der Waals surface area contributed by atoms with Crippen LogP contribution in [-0.2, 0) is 6.18 Å². The molecule has 3 aromatic rings. The molecule has 2 atom stereocenters. The monoisotopic (exact) mass is 656 g/mol. The van der Waals surface area contributed by atoms with Crippen LogP contribution in [0.15, 0.2) is 68.0 Å². The minimum Gasteiger partial charge on any atom is -0.389 e. The molecule has 0 saturated heterocycles.